The van der Waals surface area contributed by atoms with E-state index in [0.717, 1.165) is 11.3 Å². The summed E-state index contributed by atoms with van der Waals surface area (Å²) in [6.45, 7) is 1.68. The molecule has 1 rings (SSSR count). The summed E-state index contributed by atoms with van der Waals surface area (Å²) >= 11 is 10.9. The van der Waals surface area contributed by atoms with E-state index >= 15 is 0 Å². The largest absolute Gasteiger partial charge is 0.392 e. The van der Waals surface area contributed by atoms with E-state index in [1.165, 1.54) is 12.2 Å². The van der Waals surface area contributed by atoms with Crippen LogP contribution in [0.15, 0.2) is 30.4 Å². The molecule has 1 aromatic carbocycles. The molecule has 1 aromatic rings. The van der Waals surface area contributed by atoms with Crippen molar-refractivity contribution >= 4 is 40.5 Å². The van der Waals surface area contributed by atoms with Gasteiger partial charge in [-0.25, -0.2) is 0 Å². The van der Waals surface area contributed by atoms with Gasteiger partial charge >= 0.3 is 0 Å². The van der Waals surface area contributed by atoms with Gasteiger partial charge in [-0.1, -0.05) is 17.7 Å². The van der Waals surface area contributed by atoms with Crippen molar-refractivity contribution < 1.29 is 9.90 Å². The number of hydrogen-bond acceptors (Lipinski definition) is 3. The number of thiocarbonyl (C=S) groups is 1. The number of carbonyl (C=O) groups excluding carboxylic acids is 1. The van der Waals surface area contributed by atoms with Crippen LogP contribution in [0, 0.1) is 6.92 Å². The Labute approximate surface area is 116 Å². The highest BCUT2D eigenvalue weighted by Gasteiger charge is 2.02. The van der Waals surface area contributed by atoms with E-state index in [-0.39, 0.29) is 11.7 Å². The Morgan fingerprint density at radius 3 is 2.89 bits per heavy atom. The Morgan fingerprint density at radius 2 is 2.28 bits per heavy atom. The molecule has 0 aliphatic carbocycles. The van der Waals surface area contributed by atoms with Crippen LogP contribution in [-0.2, 0) is 4.79 Å². The third-order valence-corrected chi connectivity index (χ3v) is 2.66. The van der Waals surface area contributed by atoms with Crippen LogP contribution in [0.2, 0.25) is 5.02 Å². The van der Waals surface area contributed by atoms with Gasteiger partial charge in [0.2, 0.25) is 5.91 Å². The third kappa shape index (κ3) is 4.83. The van der Waals surface area contributed by atoms with Gasteiger partial charge < -0.3 is 10.4 Å². The molecule has 0 heterocycles. The predicted octanol–water partition coefficient (Wildman–Crippen LogP) is 2.01. The Balaban J connectivity index is 2.57. The molecule has 4 nitrogen and oxygen atoms in total. The van der Waals surface area contributed by atoms with Gasteiger partial charge in [-0.3, -0.25) is 10.1 Å². The predicted molar refractivity (Wildman–Crippen MR) is 76.8 cm³/mol. The number of aliphatic hydroxyl groups excluding tert-OH is 1. The van der Waals surface area contributed by atoms with Gasteiger partial charge in [0.25, 0.3) is 0 Å². The number of anilines is 1. The first-order chi connectivity index (χ1) is 8.52. The maximum absolute atomic E-state index is 11.3. The highest BCUT2D eigenvalue weighted by Crippen LogP contribution is 2.19. The van der Waals surface area contributed by atoms with E-state index in [2.05, 4.69) is 10.6 Å². The lowest BCUT2D eigenvalue weighted by atomic mass is 10.2. The van der Waals surface area contributed by atoms with Crippen molar-refractivity contribution in [3.63, 3.8) is 0 Å². The molecule has 0 fully saturated rings. The highest BCUT2D eigenvalue weighted by molar-refractivity contribution is 7.80. The molecule has 0 saturated carbocycles. The van der Waals surface area contributed by atoms with Crippen LogP contribution in [0.3, 0.4) is 0 Å². The summed E-state index contributed by atoms with van der Waals surface area (Å²) in [5, 5.41) is 14.7. The van der Waals surface area contributed by atoms with Crippen molar-refractivity contribution in [1.29, 1.82) is 0 Å². The quantitative estimate of drug-likeness (QED) is 0.587. The molecule has 0 aliphatic heterocycles. The summed E-state index contributed by atoms with van der Waals surface area (Å²) in [5.41, 5.74) is 1.66. The van der Waals surface area contributed by atoms with Gasteiger partial charge in [0.1, 0.15) is 0 Å². The first-order valence-corrected chi connectivity index (χ1v) is 5.97. The highest BCUT2D eigenvalue weighted by atomic mass is 35.5. The molecule has 0 saturated heterocycles. The number of aliphatic hydroxyl groups is 1. The van der Waals surface area contributed by atoms with E-state index in [0.29, 0.717) is 5.02 Å². The maximum atomic E-state index is 11.3. The first-order valence-electron chi connectivity index (χ1n) is 5.18. The van der Waals surface area contributed by atoms with Crippen molar-refractivity contribution in [3.05, 3.63) is 40.9 Å². The van der Waals surface area contributed by atoms with E-state index in [1.807, 2.05) is 13.0 Å². The van der Waals surface area contributed by atoms with Crippen LogP contribution in [-0.4, -0.2) is 22.7 Å². The number of amides is 1. The molecule has 0 unspecified atom stereocenters. The lowest BCUT2D eigenvalue weighted by Gasteiger charge is -2.09. The fourth-order valence-corrected chi connectivity index (χ4v) is 1.53. The SMILES string of the molecule is Cc1cc(NC(=S)NC(=O)/C=C/CO)ccc1Cl. The van der Waals surface area contributed by atoms with Crippen molar-refractivity contribution in [1.82, 2.24) is 5.32 Å². The molecule has 0 aliphatic rings. The average Bonchev–Trinajstić information content (AvgIpc) is 2.31. The Morgan fingerprint density at radius 1 is 1.56 bits per heavy atom. The Hall–Kier alpha value is -1.43. The minimum absolute atomic E-state index is 0.185. The van der Waals surface area contributed by atoms with Crippen LogP contribution < -0.4 is 10.6 Å². The molecular weight excluding hydrogens is 272 g/mol. The monoisotopic (exact) mass is 284 g/mol. The second-order valence-electron chi connectivity index (χ2n) is 3.49. The van der Waals surface area contributed by atoms with Gasteiger partial charge in [-0.05, 0) is 42.9 Å². The van der Waals surface area contributed by atoms with Gasteiger partial charge in [-0.2, -0.15) is 0 Å². The summed E-state index contributed by atoms with van der Waals surface area (Å²) in [6.07, 6.45) is 2.53. The topological polar surface area (TPSA) is 61.4 Å². The maximum Gasteiger partial charge on any atom is 0.249 e. The van der Waals surface area contributed by atoms with Crippen LogP contribution >= 0.6 is 23.8 Å². The number of rotatable bonds is 3. The fourth-order valence-electron chi connectivity index (χ4n) is 1.20. The molecule has 96 valence electrons. The summed E-state index contributed by atoms with van der Waals surface area (Å²) in [4.78, 5) is 11.3. The minimum atomic E-state index is -0.396. The Kier molecular flexibility index (Phi) is 5.77. The second kappa shape index (κ2) is 7.10. The number of halogens is 1. The average molecular weight is 285 g/mol. The second-order valence-corrected chi connectivity index (χ2v) is 4.31. The smallest absolute Gasteiger partial charge is 0.249 e. The molecule has 1 amide bonds. The third-order valence-electron chi connectivity index (χ3n) is 2.03. The molecule has 18 heavy (non-hydrogen) atoms. The van der Waals surface area contributed by atoms with Crippen molar-refractivity contribution in [2.75, 3.05) is 11.9 Å². The van der Waals surface area contributed by atoms with Gasteiger partial charge in [0.05, 0.1) is 6.61 Å². The fraction of sp³-hybridized carbons (Fsp3) is 0.167. The zero-order chi connectivity index (χ0) is 13.5. The van der Waals surface area contributed by atoms with E-state index in [4.69, 9.17) is 28.9 Å². The summed E-state index contributed by atoms with van der Waals surface area (Å²) in [5.74, 6) is -0.396. The molecule has 0 radical (unpaired) electrons. The van der Waals surface area contributed by atoms with Gasteiger partial charge in [0.15, 0.2) is 5.11 Å². The van der Waals surface area contributed by atoms with E-state index in [9.17, 15) is 4.79 Å². The molecule has 6 heteroatoms. The number of nitrogens with one attached hydrogen (secondary N) is 2. The van der Waals surface area contributed by atoms with Gasteiger partial charge in [-0.15, -0.1) is 0 Å². The van der Waals surface area contributed by atoms with Crippen molar-refractivity contribution in [3.8, 4) is 0 Å². The zero-order valence-electron chi connectivity index (χ0n) is 9.74. The number of aryl methyl sites for hydroxylation is 1. The van der Waals surface area contributed by atoms with Crippen LogP contribution in [0.25, 0.3) is 0 Å². The molecular formula is C12H13ClN2O2S. The summed E-state index contributed by atoms with van der Waals surface area (Å²) < 4.78 is 0. The lowest BCUT2D eigenvalue weighted by Crippen LogP contribution is -2.32. The first kappa shape index (κ1) is 14.6. The zero-order valence-corrected chi connectivity index (χ0v) is 11.3. The molecule has 0 bridgehead atoms. The number of hydrogen-bond donors (Lipinski definition) is 3. The number of carbonyl (C=O) groups is 1. The molecule has 3 N–H and O–H groups in total. The number of benzene rings is 1. The molecule has 0 atom stereocenters. The van der Waals surface area contributed by atoms with Crippen molar-refractivity contribution in [2.24, 2.45) is 0 Å². The van der Waals surface area contributed by atoms with Crippen molar-refractivity contribution in [2.45, 2.75) is 6.92 Å². The van der Waals surface area contributed by atoms with E-state index < -0.39 is 5.91 Å². The minimum Gasteiger partial charge on any atom is -0.392 e. The van der Waals surface area contributed by atoms with Crippen LogP contribution in [0.1, 0.15) is 5.56 Å². The molecule has 0 aromatic heterocycles. The summed E-state index contributed by atoms with van der Waals surface area (Å²) in [7, 11) is 0. The standard InChI is InChI=1S/C12H13ClN2O2S/c1-8-7-9(4-5-10(8)13)14-12(18)15-11(17)3-2-6-16/h2-5,7,16H,6H2,1H3,(H2,14,15,17,18)/b3-2+. The Bertz CT molecular complexity index is 489. The van der Waals surface area contributed by atoms with Gasteiger partial charge in [0, 0.05) is 16.8 Å². The molecule has 0 spiro atoms. The van der Waals surface area contributed by atoms with E-state index in [1.54, 1.807) is 12.1 Å². The van der Waals surface area contributed by atoms with Crippen LogP contribution in [0.5, 0.6) is 0 Å². The van der Waals surface area contributed by atoms with Crippen LogP contribution in [0.4, 0.5) is 5.69 Å². The lowest BCUT2D eigenvalue weighted by molar-refractivity contribution is -0.115. The normalized spacial score (nSPS) is 10.4. The summed E-state index contributed by atoms with van der Waals surface area (Å²) in [6, 6.07) is 5.33.